The minimum absolute atomic E-state index is 0.0190. The van der Waals surface area contributed by atoms with Crippen LogP contribution in [0, 0.1) is 11.2 Å². The van der Waals surface area contributed by atoms with Crippen molar-refractivity contribution in [1.82, 2.24) is 0 Å². The lowest BCUT2D eigenvalue weighted by Gasteiger charge is -2.14. The number of anilines is 1. The second kappa shape index (κ2) is 7.09. The Bertz CT molecular complexity index is 887. The maximum Gasteiger partial charge on any atom is 0.271 e. The molecule has 1 saturated heterocycles. The lowest BCUT2D eigenvalue weighted by atomic mass is 10.1. The van der Waals surface area contributed by atoms with E-state index in [1.807, 2.05) is 0 Å². The molecule has 8 heteroatoms. The van der Waals surface area contributed by atoms with Gasteiger partial charge in [0, 0.05) is 0 Å². The molecule has 2 aromatic carbocycles. The van der Waals surface area contributed by atoms with Crippen molar-refractivity contribution in [3.63, 3.8) is 0 Å². The summed E-state index contributed by atoms with van der Waals surface area (Å²) in [5.74, 6) is -0.534. The fourth-order valence-electron chi connectivity index (χ4n) is 2.46. The number of benzene rings is 2. The van der Waals surface area contributed by atoms with Crippen LogP contribution in [-0.2, 0) is 4.79 Å². The summed E-state index contributed by atoms with van der Waals surface area (Å²) >= 11 is 0.990. The molecule has 6 nitrogen and oxygen atoms in total. The predicted molar refractivity (Wildman–Crippen MR) is 98.4 cm³/mol. The number of aromatic hydroxyl groups is 1. The van der Waals surface area contributed by atoms with Gasteiger partial charge in [0.05, 0.1) is 24.8 Å². The lowest BCUT2D eigenvalue weighted by Crippen LogP contribution is -2.28. The van der Waals surface area contributed by atoms with Crippen LogP contribution in [0.5, 0.6) is 17.2 Å². The number of amides is 1. The minimum Gasteiger partial charge on any atom is -0.502 e. The van der Waals surface area contributed by atoms with Gasteiger partial charge in [-0.05, 0) is 59.8 Å². The first-order chi connectivity index (χ1) is 12.4. The van der Waals surface area contributed by atoms with Gasteiger partial charge in [-0.2, -0.15) is 0 Å². The highest BCUT2D eigenvalue weighted by Crippen LogP contribution is 2.40. The van der Waals surface area contributed by atoms with Crippen LogP contribution in [0.15, 0.2) is 41.3 Å². The Balaban J connectivity index is 1.97. The summed E-state index contributed by atoms with van der Waals surface area (Å²) in [4.78, 5) is 14.2. The van der Waals surface area contributed by atoms with Crippen LogP contribution in [0.25, 0.3) is 6.08 Å². The highest BCUT2D eigenvalue weighted by Gasteiger charge is 2.33. The first-order valence-electron chi connectivity index (χ1n) is 7.47. The van der Waals surface area contributed by atoms with E-state index in [0.29, 0.717) is 16.2 Å². The van der Waals surface area contributed by atoms with Crippen molar-refractivity contribution < 1.29 is 23.8 Å². The van der Waals surface area contributed by atoms with Gasteiger partial charge < -0.3 is 14.6 Å². The van der Waals surface area contributed by atoms with Gasteiger partial charge in [-0.25, -0.2) is 4.39 Å². The van der Waals surface area contributed by atoms with Gasteiger partial charge in [-0.3, -0.25) is 15.1 Å². The largest absolute Gasteiger partial charge is 0.502 e. The van der Waals surface area contributed by atoms with Gasteiger partial charge in [0.15, 0.2) is 16.7 Å². The molecular weight excluding hydrogens is 359 g/mol. The van der Waals surface area contributed by atoms with Gasteiger partial charge in [-0.1, -0.05) is 0 Å². The van der Waals surface area contributed by atoms with Gasteiger partial charge >= 0.3 is 0 Å². The number of nitrogens with one attached hydrogen (secondary N) is 1. The Morgan fingerprint density at radius 1 is 1.15 bits per heavy atom. The maximum atomic E-state index is 13.1. The summed E-state index contributed by atoms with van der Waals surface area (Å²) in [5, 5.41) is 18.0. The van der Waals surface area contributed by atoms with Crippen LogP contribution in [-0.4, -0.2) is 30.4 Å². The van der Waals surface area contributed by atoms with E-state index in [1.54, 1.807) is 18.2 Å². The molecule has 1 amide bonds. The number of amidine groups is 1. The fourth-order valence-corrected chi connectivity index (χ4v) is 3.32. The quantitative estimate of drug-likeness (QED) is 0.799. The number of methoxy groups -OCH3 is 2. The Hall–Kier alpha value is -3.00. The second-order valence-corrected chi connectivity index (χ2v) is 6.34. The van der Waals surface area contributed by atoms with Crippen LogP contribution in [0.4, 0.5) is 10.1 Å². The Labute approximate surface area is 153 Å². The van der Waals surface area contributed by atoms with Crippen LogP contribution in [0.2, 0.25) is 0 Å². The van der Waals surface area contributed by atoms with Crippen molar-refractivity contribution >= 4 is 34.6 Å². The fraction of sp³-hybridized carbons (Fsp3) is 0.111. The van der Waals surface area contributed by atoms with Crippen molar-refractivity contribution in [1.29, 1.82) is 5.41 Å². The summed E-state index contributed by atoms with van der Waals surface area (Å²) in [6.07, 6.45) is 1.58. The first kappa shape index (κ1) is 17.8. The number of hydrogen-bond acceptors (Lipinski definition) is 6. The van der Waals surface area contributed by atoms with Crippen LogP contribution >= 0.6 is 11.8 Å². The monoisotopic (exact) mass is 374 g/mol. The molecule has 3 rings (SSSR count). The first-order valence-corrected chi connectivity index (χ1v) is 8.29. The number of halogens is 1. The summed E-state index contributed by atoms with van der Waals surface area (Å²) in [6.45, 7) is 0. The summed E-state index contributed by atoms with van der Waals surface area (Å²) < 4.78 is 23.3. The van der Waals surface area contributed by atoms with Gasteiger partial charge in [0.25, 0.3) is 5.91 Å². The lowest BCUT2D eigenvalue weighted by molar-refractivity contribution is -0.113. The molecule has 1 fully saturated rings. The van der Waals surface area contributed by atoms with E-state index in [0.717, 1.165) is 11.8 Å². The molecule has 0 atom stereocenters. The van der Waals surface area contributed by atoms with E-state index in [-0.39, 0.29) is 22.4 Å². The zero-order valence-corrected chi connectivity index (χ0v) is 14.8. The topological polar surface area (TPSA) is 82.9 Å². The molecule has 0 spiro atoms. The smallest absolute Gasteiger partial charge is 0.271 e. The van der Waals surface area contributed by atoms with Crippen molar-refractivity contribution in [2.45, 2.75) is 0 Å². The third-order valence-electron chi connectivity index (χ3n) is 3.71. The van der Waals surface area contributed by atoms with Gasteiger partial charge in [0.1, 0.15) is 5.82 Å². The molecule has 26 heavy (non-hydrogen) atoms. The van der Waals surface area contributed by atoms with E-state index < -0.39 is 11.7 Å². The van der Waals surface area contributed by atoms with Crippen LogP contribution in [0.3, 0.4) is 0 Å². The molecule has 2 N–H and O–H groups in total. The molecule has 0 aromatic heterocycles. The molecule has 1 aliphatic rings. The van der Waals surface area contributed by atoms with Crippen molar-refractivity contribution in [2.24, 2.45) is 0 Å². The number of ether oxygens (including phenoxy) is 2. The van der Waals surface area contributed by atoms with Crippen molar-refractivity contribution in [3.05, 3.63) is 52.7 Å². The van der Waals surface area contributed by atoms with E-state index in [2.05, 4.69) is 0 Å². The van der Waals surface area contributed by atoms with E-state index >= 15 is 0 Å². The standard InChI is InChI=1S/C18H15FN2O4S/c1-24-13-7-10(8-14(25-2)16(13)22)9-15-17(23)21(18(20)26-15)12-5-3-11(19)4-6-12/h3-9,20,22H,1-2H3/b15-9-,20-18?. The summed E-state index contributed by atoms with van der Waals surface area (Å²) in [5.41, 5.74) is 0.985. The molecule has 134 valence electrons. The average molecular weight is 374 g/mol. The average Bonchev–Trinajstić information content (AvgIpc) is 2.90. The van der Waals surface area contributed by atoms with E-state index in [4.69, 9.17) is 14.9 Å². The number of nitrogens with zero attached hydrogens (tertiary/aromatic N) is 1. The zero-order valence-electron chi connectivity index (χ0n) is 13.9. The highest BCUT2D eigenvalue weighted by molar-refractivity contribution is 8.19. The van der Waals surface area contributed by atoms with E-state index in [1.165, 1.54) is 43.4 Å². The summed E-state index contributed by atoms with van der Waals surface area (Å²) in [6, 6.07) is 8.47. The third-order valence-corrected chi connectivity index (χ3v) is 4.60. The highest BCUT2D eigenvalue weighted by atomic mass is 32.2. The molecule has 0 bridgehead atoms. The van der Waals surface area contributed by atoms with Crippen LogP contribution in [0.1, 0.15) is 5.56 Å². The predicted octanol–water partition coefficient (Wildman–Crippen LogP) is 3.60. The second-order valence-electron chi connectivity index (χ2n) is 5.31. The number of thioether (sulfide) groups is 1. The van der Waals surface area contributed by atoms with Crippen molar-refractivity contribution in [2.75, 3.05) is 19.1 Å². The molecule has 1 aliphatic heterocycles. The van der Waals surface area contributed by atoms with Crippen LogP contribution < -0.4 is 14.4 Å². The number of phenols is 1. The molecule has 1 heterocycles. The van der Waals surface area contributed by atoms with Crippen molar-refractivity contribution in [3.8, 4) is 17.2 Å². The normalized spacial score (nSPS) is 15.7. The SMILES string of the molecule is COc1cc(/C=C2\SC(=N)N(c3ccc(F)cc3)C2=O)cc(OC)c1O. The molecular formula is C18H15FN2O4S. The molecule has 2 aromatic rings. The zero-order chi connectivity index (χ0) is 18.8. The molecule has 0 aliphatic carbocycles. The minimum atomic E-state index is -0.418. The Kier molecular flexibility index (Phi) is 4.85. The van der Waals surface area contributed by atoms with E-state index in [9.17, 15) is 14.3 Å². The van der Waals surface area contributed by atoms with Gasteiger partial charge in [0.2, 0.25) is 5.75 Å². The third kappa shape index (κ3) is 3.23. The Morgan fingerprint density at radius 2 is 1.73 bits per heavy atom. The number of carbonyl (C=O) groups excluding carboxylic acids is 1. The number of phenolic OH excluding ortho intramolecular Hbond substituents is 1. The Morgan fingerprint density at radius 3 is 2.27 bits per heavy atom. The molecule has 0 unspecified atom stereocenters. The van der Waals surface area contributed by atoms with Gasteiger partial charge in [-0.15, -0.1) is 0 Å². The summed E-state index contributed by atoms with van der Waals surface area (Å²) in [7, 11) is 2.82. The number of hydrogen-bond donors (Lipinski definition) is 2. The number of carbonyl (C=O) groups is 1. The number of rotatable bonds is 4. The molecule has 0 radical (unpaired) electrons. The molecule has 0 saturated carbocycles. The maximum absolute atomic E-state index is 13.1.